The van der Waals surface area contributed by atoms with Gasteiger partial charge in [0.25, 0.3) is 5.91 Å². The molecule has 112 valence electrons. The highest BCUT2D eigenvalue weighted by Crippen LogP contribution is 2.15. The number of thiazole rings is 1. The Morgan fingerprint density at radius 1 is 1.18 bits per heavy atom. The van der Waals surface area contributed by atoms with E-state index >= 15 is 0 Å². The number of nitrogens with zero attached hydrogens (tertiary/aromatic N) is 2. The number of rotatable bonds is 2. The van der Waals surface area contributed by atoms with Crippen molar-refractivity contribution >= 4 is 27.5 Å². The monoisotopic (exact) mass is 310 g/mol. The van der Waals surface area contributed by atoms with Crippen molar-refractivity contribution in [3.8, 4) is 0 Å². The highest BCUT2D eigenvalue weighted by Gasteiger charge is 2.07. The van der Waals surface area contributed by atoms with Gasteiger partial charge in [0, 0.05) is 7.05 Å². The van der Waals surface area contributed by atoms with Crippen LogP contribution in [0.3, 0.4) is 0 Å². The minimum atomic E-state index is -0.103. The predicted octanol–water partition coefficient (Wildman–Crippen LogP) is 3.53. The topological polar surface area (TPSA) is 34.4 Å². The highest BCUT2D eigenvalue weighted by molar-refractivity contribution is 7.16. The Morgan fingerprint density at radius 2 is 1.95 bits per heavy atom. The van der Waals surface area contributed by atoms with E-state index in [1.165, 1.54) is 5.56 Å². The van der Waals surface area contributed by atoms with Gasteiger partial charge in [-0.15, -0.1) is 0 Å². The molecule has 3 rings (SSSR count). The van der Waals surface area contributed by atoms with Crippen LogP contribution in [0.1, 0.15) is 16.7 Å². The van der Waals surface area contributed by atoms with Crippen molar-refractivity contribution in [3.05, 3.63) is 64.0 Å². The van der Waals surface area contributed by atoms with Gasteiger partial charge in [0.05, 0.1) is 16.6 Å². The van der Waals surface area contributed by atoms with Crippen LogP contribution in [0.25, 0.3) is 10.2 Å². The summed E-state index contributed by atoms with van der Waals surface area (Å²) in [5, 5.41) is 0. The van der Waals surface area contributed by atoms with Gasteiger partial charge >= 0.3 is 0 Å². The van der Waals surface area contributed by atoms with E-state index in [4.69, 9.17) is 0 Å². The molecule has 0 spiro atoms. The molecule has 0 fully saturated rings. The van der Waals surface area contributed by atoms with Crippen LogP contribution >= 0.6 is 11.3 Å². The van der Waals surface area contributed by atoms with E-state index in [9.17, 15) is 4.79 Å². The first-order chi connectivity index (χ1) is 10.5. The van der Waals surface area contributed by atoms with Crippen LogP contribution in [-0.2, 0) is 18.3 Å². The first-order valence-electron chi connectivity index (χ1n) is 7.23. The van der Waals surface area contributed by atoms with E-state index in [-0.39, 0.29) is 5.91 Å². The third kappa shape index (κ3) is 2.88. The normalized spacial score (nSPS) is 12.0. The summed E-state index contributed by atoms with van der Waals surface area (Å²) in [5.74, 6) is -0.103. The van der Waals surface area contributed by atoms with Crippen molar-refractivity contribution in [2.75, 3.05) is 0 Å². The fourth-order valence-electron chi connectivity index (χ4n) is 2.54. The summed E-state index contributed by atoms with van der Waals surface area (Å²) in [6, 6.07) is 14.2. The summed E-state index contributed by atoms with van der Waals surface area (Å²) >= 11 is 1.54. The zero-order chi connectivity index (χ0) is 15.7. The van der Waals surface area contributed by atoms with Crippen LogP contribution in [0.15, 0.2) is 47.5 Å². The maximum atomic E-state index is 12.3. The lowest BCUT2D eigenvalue weighted by molar-refractivity contribution is -0.117. The molecule has 0 radical (unpaired) electrons. The Bertz CT molecular complexity index is 918. The molecule has 0 saturated carbocycles. The molecule has 3 aromatic rings. The standard InChI is InChI=1S/C18H18N2OS/c1-12-8-9-14(13(2)10-12)11-17(21)19-18-20(3)15-6-4-5-7-16(15)22-18/h4-10H,11H2,1-3H3. The van der Waals surface area contributed by atoms with E-state index in [0.29, 0.717) is 6.42 Å². The number of carbonyl (C=O) groups excluding carboxylic acids is 1. The van der Waals surface area contributed by atoms with Crippen molar-refractivity contribution in [1.82, 2.24) is 4.57 Å². The number of hydrogen-bond acceptors (Lipinski definition) is 2. The van der Waals surface area contributed by atoms with E-state index in [1.54, 1.807) is 11.3 Å². The fourth-order valence-corrected chi connectivity index (χ4v) is 3.58. The zero-order valence-electron chi connectivity index (χ0n) is 13.0. The second-order valence-electron chi connectivity index (χ2n) is 5.52. The van der Waals surface area contributed by atoms with Gasteiger partial charge in [0.15, 0.2) is 4.80 Å². The molecule has 0 aliphatic carbocycles. The van der Waals surface area contributed by atoms with Crippen LogP contribution in [-0.4, -0.2) is 10.5 Å². The summed E-state index contributed by atoms with van der Waals surface area (Å²) in [5.41, 5.74) is 4.50. The summed E-state index contributed by atoms with van der Waals surface area (Å²) in [7, 11) is 1.95. The number of para-hydroxylation sites is 1. The molecule has 0 aliphatic rings. The van der Waals surface area contributed by atoms with Gasteiger partial charge in [-0.2, -0.15) is 4.99 Å². The van der Waals surface area contributed by atoms with E-state index in [1.807, 2.05) is 54.9 Å². The van der Waals surface area contributed by atoms with Crippen molar-refractivity contribution in [1.29, 1.82) is 0 Å². The minimum Gasteiger partial charge on any atom is -0.319 e. The molecule has 22 heavy (non-hydrogen) atoms. The molecule has 0 atom stereocenters. The SMILES string of the molecule is Cc1ccc(CC(=O)N=c2sc3ccccc3n2C)c(C)c1. The van der Waals surface area contributed by atoms with E-state index in [0.717, 1.165) is 26.1 Å². The molecule has 0 unspecified atom stereocenters. The van der Waals surface area contributed by atoms with Gasteiger partial charge in [-0.05, 0) is 37.1 Å². The number of aromatic nitrogens is 1. The number of aryl methyl sites for hydroxylation is 3. The van der Waals surface area contributed by atoms with Gasteiger partial charge in [-0.25, -0.2) is 0 Å². The summed E-state index contributed by atoms with van der Waals surface area (Å²) < 4.78 is 3.11. The molecule has 1 amide bonds. The largest absolute Gasteiger partial charge is 0.319 e. The maximum absolute atomic E-state index is 12.3. The molecule has 4 heteroatoms. The third-order valence-corrected chi connectivity index (χ3v) is 4.89. The number of carbonyl (C=O) groups is 1. The molecule has 1 aromatic heterocycles. The summed E-state index contributed by atoms with van der Waals surface area (Å²) in [6.07, 6.45) is 0.348. The first kappa shape index (κ1) is 14.7. The first-order valence-corrected chi connectivity index (χ1v) is 8.04. The lowest BCUT2D eigenvalue weighted by Gasteiger charge is -2.04. The maximum Gasteiger partial charge on any atom is 0.252 e. The second kappa shape index (κ2) is 5.89. The number of fused-ring (bicyclic) bond motifs is 1. The molecule has 0 aliphatic heterocycles. The zero-order valence-corrected chi connectivity index (χ0v) is 13.8. The van der Waals surface area contributed by atoms with E-state index in [2.05, 4.69) is 18.0 Å². The summed E-state index contributed by atoms with van der Waals surface area (Å²) in [4.78, 5) is 17.3. The molecule has 2 aromatic carbocycles. The average Bonchev–Trinajstić information content (AvgIpc) is 2.79. The van der Waals surface area contributed by atoms with Crippen LogP contribution < -0.4 is 4.80 Å². The molecule has 3 nitrogen and oxygen atoms in total. The quantitative estimate of drug-likeness (QED) is 0.713. The average molecular weight is 310 g/mol. The third-order valence-electron chi connectivity index (χ3n) is 3.77. The Kier molecular flexibility index (Phi) is 3.94. The molecule has 0 N–H and O–H groups in total. The van der Waals surface area contributed by atoms with Crippen molar-refractivity contribution < 1.29 is 4.79 Å². The lowest BCUT2D eigenvalue weighted by atomic mass is 10.0. The van der Waals surface area contributed by atoms with E-state index < -0.39 is 0 Å². The van der Waals surface area contributed by atoms with Gasteiger partial charge < -0.3 is 4.57 Å². The van der Waals surface area contributed by atoms with Crippen molar-refractivity contribution in [3.63, 3.8) is 0 Å². The Balaban J connectivity index is 1.93. The van der Waals surface area contributed by atoms with Gasteiger partial charge in [0.1, 0.15) is 0 Å². The minimum absolute atomic E-state index is 0.103. The highest BCUT2D eigenvalue weighted by atomic mass is 32.1. The van der Waals surface area contributed by atoms with Crippen LogP contribution in [0.2, 0.25) is 0 Å². The molecular formula is C18H18N2OS. The fraction of sp³-hybridized carbons (Fsp3) is 0.222. The molecule has 1 heterocycles. The van der Waals surface area contributed by atoms with Gasteiger partial charge in [0.2, 0.25) is 0 Å². The molecular weight excluding hydrogens is 292 g/mol. The number of benzene rings is 2. The molecule has 0 bridgehead atoms. The van der Waals surface area contributed by atoms with Gasteiger partial charge in [-0.1, -0.05) is 47.2 Å². The number of hydrogen-bond donors (Lipinski definition) is 0. The summed E-state index contributed by atoms with van der Waals surface area (Å²) in [6.45, 7) is 4.09. The smallest absolute Gasteiger partial charge is 0.252 e. The van der Waals surface area contributed by atoms with Crippen molar-refractivity contribution in [2.24, 2.45) is 12.0 Å². The Morgan fingerprint density at radius 3 is 2.68 bits per heavy atom. The molecule has 0 saturated heterocycles. The lowest BCUT2D eigenvalue weighted by Crippen LogP contribution is -2.14. The second-order valence-corrected chi connectivity index (χ2v) is 6.53. The van der Waals surface area contributed by atoms with Gasteiger partial charge in [-0.3, -0.25) is 4.79 Å². The van der Waals surface area contributed by atoms with Crippen LogP contribution in [0.4, 0.5) is 0 Å². The van der Waals surface area contributed by atoms with Crippen LogP contribution in [0, 0.1) is 13.8 Å². The Labute approximate surface area is 133 Å². The van der Waals surface area contributed by atoms with Crippen LogP contribution in [0.5, 0.6) is 0 Å². The van der Waals surface area contributed by atoms with Crippen molar-refractivity contribution in [2.45, 2.75) is 20.3 Å². The number of amides is 1. The predicted molar refractivity (Wildman–Crippen MR) is 91.0 cm³/mol. The Hall–Kier alpha value is -2.20.